The molecule has 0 aromatic heterocycles. The van der Waals surface area contributed by atoms with E-state index < -0.39 is 0 Å². The van der Waals surface area contributed by atoms with Crippen molar-refractivity contribution >= 4 is 11.8 Å². The number of esters is 1. The molecule has 0 bridgehead atoms. The summed E-state index contributed by atoms with van der Waals surface area (Å²) in [7, 11) is 0. The first kappa shape index (κ1) is 10.7. The molecule has 2 atom stereocenters. The number of carbonyl (C=O) groups is 2. The fourth-order valence-electron chi connectivity index (χ4n) is 3.16. The smallest absolute Gasteiger partial charge is 0.312 e. The molecule has 2 aliphatic rings. The van der Waals surface area contributed by atoms with E-state index in [1.807, 2.05) is 6.92 Å². The van der Waals surface area contributed by atoms with E-state index in [0.717, 1.165) is 25.7 Å². The maximum Gasteiger partial charge on any atom is 0.312 e. The van der Waals surface area contributed by atoms with Crippen LogP contribution in [-0.2, 0) is 14.3 Å². The highest BCUT2D eigenvalue weighted by Gasteiger charge is 2.52. The molecule has 0 unspecified atom stereocenters. The van der Waals surface area contributed by atoms with Crippen LogP contribution in [0.5, 0.6) is 0 Å². The minimum absolute atomic E-state index is 0.0556. The largest absolute Gasteiger partial charge is 0.466 e. The molecule has 0 saturated heterocycles. The Hall–Kier alpha value is -0.860. The molecular formula is C12H18O3. The topological polar surface area (TPSA) is 43.4 Å². The van der Waals surface area contributed by atoms with Crippen LogP contribution >= 0.6 is 0 Å². The van der Waals surface area contributed by atoms with E-state index in [2.05, 4.69) is 0 Å². The van der Waals surface area contributed by atoms with Crippen molar-refractivity contribution in [3.8, 4) is 0 Å². The zero-order valence-electron chi connectivity index (χ0n) is 9.25. The van der Waals surface area contributed by atoms with Gasteiger partial charge in [0, 0.05) is 12.8 Å². The van der Waals surface area contributed by atoms with E-state index in [4.69, 9.17) is 4.74 Å². The van der Waals surface area contributed by atoms with E-state index in [0.29, 0.717) is 25.2 Å². The van der Waals surface area contributed by atoms with Crippen molar-refractivity contribution in [3.05, 3.63) is 0 Å². The third-order valence-electron chi connectivity index (χ3n) is 3.96. The Kier molecular flexibility index (Phi) is 2.81. The van der Waals surface area contributed by atoms with Gasteiger partial charge in [0.15, 0.2) is 0 Å². The monoisotopic (exact) mass is 210 g/mol. The Morgan fingerprint density at radius 2 is 2.33 bits per heavy atom. The van der Waals surface area contributed by atoms with Crippen molar-refractivity contribution in [2.24, 2.45) is 11.3 Å². The fraction of sp³-hybridized carbons (Fsp3) is 0.833. The van der Waals surface area contributed by atoms with Crippen LogP contribution in [-0.4, -0.2) is 18.4 Å². The van der Waals surface area contributed by atoms with Gasteiger partial charge >= 0.3 is 5.97 Å². The van der Waals surface area contributed by atoms with Gasteiger partial charge in [0.2, 0.25) is 0 Å². The van der Waals surface area contributed by atoms with Crippen molar-refractivity contribution in [3.63, 3.8) is 0 Å². The van der Waals surface area contributed by atoms with Gasteiger partial charge in [-0.1, -0.05) is 6.42 Å². The number of ketones is 1. The second-order valence-electron chi connectivity index (χ2n) is 4.71. The predicted molar refractivity (Wildman–Crippen MR) is 55.3 cm³/mol. The molecule has 0 heterocycles. The van der Waals surface area contributed by atoms with Gasteiger partial charge < -0.3 is 4.74 Å². The average Bonchev–Trinajstić information content (AvgIpc) is 2.62. The minimum Gasteiger partial charge on any atom is -0.466 e. The second-order valence-corrected chi connectivity index (χ2v) is 4.71. The van der Waals surface area contributed by atoms with Gasteiger partial charge in [0.25, 0.3) is 0 Å². The number of carbonyl (C=O) groups excluding carboxylic acids is 2. The van der Waals surface area contributed by atoms with Crippen LogP contribution in [0, 0.1) is 11.3 Å². The summed E-state index contributed by atoms with van der Waals surface area (Å²) in [6, 6.07) is 0. The number of ether oxygens (including phenoxy) is 1. The summed E-state index contributed by atoms with van der Waals surface area (Å²) in [5.74, 6) is 0.527. The highest BCUT2D eigenvalue weighted by Crippen LogP contribution is 2.52. The molecule has 0 aliphatic heterocycles. The summed E-state index contributed by atoms with van der Waals surface area (Å²) in [6.07, 6.45) is 4.88. The zero-order chi connectivity index (χ0) is 10.9. The first-order valence-electron chi connectivity index (χ1n) is 5.88. The van der Waals surface area contributed by atoms with Gasteiger partial charge in [-0.2, -0.15) is 0 Å². The molecule has 15 heavy (non-hydrogen) atoms. The lowest BCUT2D eigenvalue weighted by atomic mass is 9.68. The van der Waals surface area contributed by atoms with Crippen LogP contribution in [0.1, 0.15) is 45.4 Å². The van der Waals surface area contributed by atoms with Gasteiger partial charge in [0.1, 0.15) is 5.78 Å². The summed E-state index contributed by atoms with van der Waals surface area (Å²) in [4.78, 5) is 23.4. The fourth-order valence-corrected chi connectivity index (χ4v) is 3.16. The maximum absolute atomic E-state index is 12.0. The van der Waals surface area contributed by atoms with Crippen LogP contribution in [0.2, 0.25) is 0 Å². The number of Topliss-reactive ketones (excluding diaryl/α,β-unsaturated/α-hetero) is 1. The lowest BCUT2D eigenvalue weighted by Gasteiger charge is -2.36. The molecule has 2 rings (SSSR count). The Balaban J connectivity index is 2.17. The predicted octanol–water partition coefficient (Wildman–Crippen LogP) is 2.09. The summed E-state index contributed by atoms with van der Waals surface area (Å²) in [5, 5.41) is 0. The van der Waals surface area contributed by atoms with E-state index >= 15 is 0 Å². The Bertz CT molecular complexity index is 285. The molecule has 0 aromatic rings. The average molecular weight is 210 g/mol. The van der Waals surface area contributed by atoms with Crippen molar-refractivity contribution in [1.82, 2.24) is 0 Å². The van der Waals surface area contributed by atoms with Crippen LogP contribution in [0.25, 0.3) is 0 Å². The molecule has 0 spiro atoms. The molecular weight excluding hydrogens is 192 g/mol. The third kappa shape index (κ3) is 1.68. The zero-order valence-corrected chi connectivity index (χ0v) is 9.25. The number of hydrogen-bond acceptors (Lipinski definition) is 3. The highest BCUT2D eigenvalue weighted by molar-refractivity contribution is 5.85. The van der Waals surface area contributed by atoms with E-state index in [-0.39, 0.29) is 17.3 Å². The Morgan fingerprint density at radius 3 is 3.07 bits per heavy atom. The van der Waals surface area contributed by atoms with Crippen LogP contribution in [0.15, 0.2) is 0 Å². The van der Waals surface area contributed by atoms with E-state index in [1.54, 1.807) is 0 Å². The number of hydrogen-bond donors (Lipinski definition) is 0. The van der Waals surface area contributed by atoms with Crippen LogP contribution < -0.4 is 0 Å². The molecule has 2 fully saturated rings. The van der Waals surface area contributed by atoms with Crippen LogP contribution in [0.3, 0.4) is 0 Å². The summed E-state index contributed by atoms with van der Waals surface area (Å²) >= 11 is 0. The summed E-state index contributed by atoms with van der Waals surface area (Å²) in [5.41, 5.74) is -0.302. The first-order chi connectivity index (χ1) is 7.19. The molecule has 3 heteroatoms. The van der Waals surface area contributed by atoms with Gasteiger partial charge in [-0.05, 0) is 32.1 Å². The second kappa shape index (κ2) is 3.95. The lowest BCUT2D eigenvalue weighted by molar-refractivity contribution is -0.160. The Labute approximate surface area is 90.2 Å². The molecule has 3 nitrogen and oxygen atoms in total. The molecule has 0 radical (unpaired) electrons. The van der Waals surface area contributed by atoms with Crippen molar-refractivity contribution < 1.29 is 14.3 Å². The molecule has 2 saturated carbocycles. The van der Waals surface area contributed by atoms with Crippen molar-refractivity contribution in [1.29, 1.82) is 0 Å². The molecule has 0 amide bonds. The van der Waals surface area contributed by atoms with Gasteiger partial charge in [-0.15, -0.1) is 0 Å². The van der Waals surface area contributed by atoms with Gasteiger partial charge in [-0.3, -0.25) is 9.59 Å². The molecule has 0 N–H and O–H groups in total. The quantitative estimate of drug-likeness (QED) is 0.655. The minimum atomic E-state index is -0.302. The van der Waals surface area contributed by atoms with Crippen molar-refractivity contribution in [2.45, 2.75) is 45.4 Å². The summed E-state index contributed by atoms with van der Waals surface area (Å²) < 4.78 is 5.17. The highest BCUT2D eigenvalue weighted by atomic mass is 16.5. The van der Waals surface area contributed by atoms with E-state index in [9.17, 15) is 9.59 Å². The van der Waals surface area contributed by atoms with E-state index in [1.165, 1.54) is 0 Å². The Morgan fingerprint density at radius 1 is 1.53 bits per heavy atom. The molecule has 2 aliphatic carbocycles. The number of fused-ring (bicyclic) bond motifs is 1. The molecule has 0 aromatic carbocycles. The SMILES string of the molecule is CCOC(=O)[C@@]12CCC[C@@H]1CC(=O)CC2. The van der Waals surface area contributed by atoms with Gasteiger partial charge in [-0.25, -0.2) is 0 Å². The molecule has 84 valence electrons. The normalized spacial score (nSPS) is 35.0. The lowest BCUT2D eigenvalue weighted by Crippen LogP contribution is -2.41. The van der Waals surface area contributed by atoms with Crippen molar-refractivity contribution in [2.75, 3.05) is 6.61 Å². The standard InChI is InChI=1S/C12H18O3/c1-2-15-11(14)12-6-3-4-9(12)8-10(13)5-7-12/h9H,2-8H2,1H3/t9-,12-/m1/s1. The third-order valence-corrected chi connectivity index (χ3v) is 3.96. The summed E-state index contributed by atoms with van der Waals surface area (Å²) in [6.45, 7) is 2.29. The van der Waals surface area contributed by atoms with Crippen LogP contribution in [0.4, 0.5) is 0 Å². The number of rotatable bonds is 2. The van der Waals surface area contributed by atoms with Gasteiger partial charge in [0.05, 0.1) is 12.0 Å². The first-order valence-corrected chi connectivity index (χ1v) is 5.88. The maximum atomic E-state index is 12.0.